The number of aryl methyl sites for hydroxylation is 1. The fourth-order valence-electron chi connectivity index (χ4n) is 5.80. The lowest BCUT2D eigenvalue weighted by Crippen LogP contribution is -2.00. The third-order valence-corrected chi connectivity index (χ3v) is 8.43. The first-order valence-electron chi connectivity index (χ1n) is 16.1. The topological polar surface area (TPSA) is 77.3 Å². The normalized spacial score (nSPS) is 11.0. The van der Waals surface area contributed by atoms with Gasteiger partial charge in [-0.15, -0.1) is 0 Å². The van der Waals surface area contributed by atoms with Gasteiger partial charge in [0.1, 0.15) is 0 Å². The van der Waals surface area contributed by atoms with Crippen molar-refractivity contribution in [2.45, 2.75) is 6.92 Å². The quantitative estimate of drug-likeness (QED) is 0.174. The van der Waals surface area contributed by atoms with E-state index in [-0.39, 0.29) is 0 Å². The van der Waals surface area contributed by atoms with Gasteiger partial charge in [-0.3, -0.25) is 15.0 Å². The smallest absolute Gasteiger partial charge is 0.164 e. The summed E-state index contributed by atoms with van der Waals surface area (Å²) in [5.74, 6) is 1.86. The first kappa shape index (κ1) is 29.7. The number of aromatic nitrogens is 6. The van der Waals surface area contributed by atoms with Gasteiger partial charge < -0.3 is 0 Å². The summed E-state index contributed by atoms with van der Waals surface area (Å²) in [5, 5.41) is 0. The van der Waals surface area contributed by atoms with Crippen LogP contribution in [0, 0.1) is 6.92 Å². The molecule has 0 aliphatic heterocycles. The van der Waals surface area contributed by atoms with E-state index in [4.69, 9.17) is 15.0 Å². The Balaban J connectivity index is 1.27. The second kappa shape index (κ2) is 13.2. The SMILES string of the molecule is Cc1ccc(-c2ccc(-c3cc(-c4ccc(-c5cnccn5)cc4)cc(-c4nc(-c5ccccc5)nc(-c5ccccc5)n4)c3)cc2)cn1. The maximum Gasteiger partial charge on any atom is 0.164 e. The van der Waals surface area contributed by atoms with E-state index in [9.17, 15) is 0 Å². The highest BCUT2D eigenvalue weighted by Gasteiger charge is 2.15. The van der Waals surface area contributed by atoms with Crippen LogP contribution in [0.15, 0.2) is 164 Å². The second-order valence-corrected chi connectivity index (χ2v) is 11.8. The number of nitrogens with zero attached hydrogens (tertiary/aromatic N) is 6. The number of hydrogen-bond donors (Lipinski definition) is 0. The zero-order valence-electron chi connectivity index (χ0n) is 26.8. The van der Waals surface area contributed by atoms with Crippen LogP contribution < -0.4 is 0 Å². The van der Waals surface area contributed by atoms with Crippen molar-refractivity contribution in [2.75, 3.05) is 0 Å². The van der Waals surface area contributed by atoms with E-state index in [1.54, 1.807) is 18.6 Å². The van der Waals surface area contributed by atoms with Crippen LogP contribution in [-0.4, -0.2) is 29.9 Å². The molecule has 0 N–H and O–H groups in total. The first-order chi connectivity index (χ1) is 24.2. The third kappa shape index (κ3) is 6.48. The molecule has 0 radical (unpaired) electrons. The minimum absolute atomic E-state index is 0.606. The molecule has 0 aliphatic carbocycles. The molecule has 0 bridgehead atoms. The Labute approximate surface area is 285 Å². The van der Waals surface area contributed by atoms with E-state index in [2.05, 4.69) is 87.7 Å². The van der Waals surface area contributed by atoms with Gasteiger partial charge in [0.15, 0.2) is 17.5 Å². The van der Waals surface area contributed by atoms with Gasteiger partial charge in [0.2, 0.25) is 0 Å². The van der Waals surface area contributed by atoms with E-state index < -0.39 is 0 Å². The molecular formula is C43H30N6. The molecule has 0 saturated carbocycles. The van der Waals surface area contributed by atoms with Gasteiger partial charge >= 0.3 is 0 Å². The molecule has 5 aromatic carbocycles. The lowest BCUT2D eigenvalue weighted by atomic mass is 9.94. The van der Waals surface area contributed by atoms with Crippen LogP contribution in [0.2, 0.25) is 0 Å². The zero-order chi connectivity index (χ0) is 33.0. The molecule has 6 heteroatoms. The van der Waals surface area contributed by atoms with Gasteiger partial charge in [0.25, 0.3) is 0 Å². The molecule has 3 heterocycles. The van der Waals surface area contributed by atoms with Crippen molar-refractivity contribution in [2.24, 2.45) is 0 Å². The van der Waals surface area contributed by atoms with Crippen LogP contribution in [0.25, 0.3) is 78.8 Å². The van der Waals surface area contributed by atoms with E-state index in [0.29, 0.717) is 17.5 Å². The highest BCUT2D eigenvalue weighted by molar-refractivity contribution is 5.82. The molecule has 3 aromatic heterocycles. The van der Waals surface area contributed by atoms with Crippen molar-refractivity contribution < 1.29 is 0 Å². The molecule has 49 heavy (non-hydrogen) atoms. The minimum Gasteiger partial charge on any atom is -0.261 e. The van der Waals surface area contributed by atoms with E-state index in [1.807, 2.05) is 79.9 Å². The second-order valence-electron chi connectivity index (χ2n) is 11.8. The van der Waals surface area contributed by atoms with Crippen molar-refractivity contribution in [3.05, 3.63) is 170 Å². The minimum atomic E-state index is 0.606. The first-order valence-corrected chi connectivity index (χ1v) is 16.1. The molecule has 0 fully saturated rings. The van der Waals surface area contributed by atoms with Crippen LogP contribution in [-0.2, 0) is 0 Å². The fraction of sp³-hybridized carbons (Fsp3) is 0.0233. The van der Waals surface area contributed by atoms with E-state index >= 15 is 0 Å². The summed E-state index contributed by atoms with van der Waals surface area (Å²) < 4.78 is 0. The predicted molar refractivity (Wildman–Crippen MR) is 196 cm³/mol. The molecule has 0 saturated heterocycles. The van der Waals surface area contributed by atoms with Gasteiger partial charge in [0, 0.05) is 52.1 Å². The summed E-state index contributed by atoms with van der Waals surface area (Å²) in [7, 11) is 0. The number of hydrogen-bond acceptors (Lipinski definition) is 6. The van der Waals surface area contributed by atoms with Crippen molar-refractivity contribution in [3.63, 3.8) is 0 Å². The number of benzene rings is 5. The van der Waals surface area contributed by atoms with E-state index in [0.717, 1.165) is 67.0 Å². The average molecular weight is 631 g/mol. The molecular weight excluding hydrogens is 601 g/mol. The van der Waals surface area contributed by atoms with Gasteiger partial charge in [0.05, 0.1) is 11.9 Å². The standard InChI is InChI=1S/C43H30N6/c1-29-12-13-36(27-46-29)30-14-16-31(17-15-30)37-24-38(32-18-20-33(21-19-32)40-28-44-22-23-45-40)26-39(25-37)43-48-41(34-8-4-2-5-9-34)47-42(49-43)35-10-6-3-7-11-35/h2-28H,1H3. The molecule has 0 aliphatic rings. The maximum atomic E-state index is 5.04. The van der Waals surface area contributed by atoms with Crippen molar-refractivity contribution in [1.29, 1.82) is 0 Å². The molecule has 8 aromatic rings. The fourth-order valence-corrected chi connectivity index (χ4v) is 5.80. The molecule has 0 unspecified atom stereocenters. The largest absolute Gasteiger partial charge is 0.261 e. The van der Waals surface area contributed by atoms with E-state index in [1.165, 1.54) is 0 Å². The number of rotatable bonds is 7. The summed E-state index contributed by atoms with van der Waals surface area (Å²) in [6, 6.07) is 47.8. The lowest BCUT2D eigenvalue weighted by Gasteiger charge is -2.13. The lowest BCUT2D eigenvalue weighted by molar-refractivity contribution is 1.07. The summed E-state index contributed by atoms with van der Waals surface area (Å²) >= 11 is 0. The zero-order valence-corrected chi connectivity index (χ0v) is 26.8. The van der Waals surface area contributed by atoms with Crippen LogP contribution in [0.4, 0.5) is 0 Å². The molecule has 232 valence electrons. The Morgan fingerprint density at radius 3 is 1.31 bits per heavy atom. The van der Waals surface area contributed by atoms with Crippen molar-refractivity contribution in [1.82, 2.24) is 29.9 Å². The summed E-state index contributed by atoms with van der Waals surface area (Å²) in [5.41, 5.74) is 12.1. The molecule has 6 nitrogen and oxygen atoms in total. The Morgan fingerprint density at radius 2 is 0.816 bits per heavy atom. The summed E-state index contributed by atoms with van der Waals surface area (Å²) in [4.78, 5) is 28.2. The van der Waals surface area contributed by atoms with Gasteiger partial charge in [-0.05, 0) is 59.0 Å². The molecule has 0 amide bonds. The molecule has 0 spiro atoms. The average Bonchev–Trinajstić information content (AvgIpc) is 3.19. The van der Waals surface area contributed by atoms with Crippen LogP contribution in [0.1, 0.15) is 5.69 Å². The Hall–Kier alpha value is -6.66. The number of pyridine rings is 1. The van der Waals surface area contributed by atoms with Crippen molar-refractivity contribution >= 4 is 0 Å². The highest BCUT2D eigenvalue weighted by Crippen LogP contribution is 2.35. The van der Waals surface area contributed by atoms with Crippen LogP contribution in [0.3, 0.4) is 0 Å². The van der Waals surface area contributed by atoms with Crippen molar-refractivity contribution in [3.8, 4) is 78.8 Å². The third-order valence-electron chi connectivity index (χ3n) is 8.43. The molecule has 0 atom stereocenters. The molecule has 8 rings (SSSR count). The van der Waals surface area contributed by atoms with Crippen LogP contribution in [0.5, 0.6) is 0 Å². The Kier molecular flexibility index (Phi) is 8.02. The highest BCUT2D eigenvalue weighted by atomic mass is 15.0. The van der Waals surface area contributed by atoms with Gasteiger partial charge in [-0.2, -0.15) is 0 Å². The monoisotopic (exact) mass is 630 g/mol. The van der Waals surface area contributed by atoms with Crippen LogP contribution >= 0.6 is 0 Å². The van der Waals surface area contributed by atoms with Gasteiger partial charge in [-0.1, -0.05) is 115 Å². The summed E-state index contributed by atoms with van der Waals surface area (Å²) in [6.07, 6.45) is 7.09. The summed E-state index contributed by atoms with van der Waals surface area (Å²) in [6.45, 7) is 2.00. The maximum absolute atomic E-state index is 5.04. The van der Waals surface area contributed by atoms with Gasteiger partial charge in [-0.25, -0.2) is 15.0 Å². The predicted octanol–water partition coefficient (Wildman–Crippen LogP) is 10.0. The Bertz CT molecular complexity index is 2280. The Morgan fingerprint density at radius 1 is 0.347 bits per heavy atom.